The number of nitro benzene ring substituents is 1. The van der Waals surface area contributed by atoms with Crippen molar-refractivity contribution in [2.45, 2.75) is 0 Å². The van der Waals surface area contributed by atoms with Crippen LogP contribution in [0.2, 0.25) is 0 Å². The lowest BCUT2D eigenvalue weighted by Gasteiger charge is -2.09. The van der Waals surface area contributed by atoms with Crippen LogP contribution in [0, 0.1) is 10.1 Å². The largest absolute Gasteiger partial charge is 0.502 e. The lowest BCUT2D eigenvalue weighted by molar-refractivity contribution is -0.385. The molecule has 0 saturated carbocycles. The fourth-order valence-corrected chi connectivity index (χ4v) is 1.79. The highest BCUT2D eigenvalue weighted by Crippen LogP contribution is 2.34. The van der Waals surface area contributed by atoms with Crippen LogP contribution in [0.4, 0.5) is 11.4 Å². The normalized spacial score (nSPS) is 10.1. The van der Waals surface area contributed by atoms with Crippen LogP contribution in [0.1, 0.15) is 0 Å². The van der Waals surface area contributed by atoms with E-state index >= 15 is 0 Å². The first-order valence-electron chi connectivity index (χ1n) is 5.38. The molecule has 0 aromatic heterocycles. The molecule has 0 aliphatic heterocycles. The number of nitrogens with zero attached hydrogens (tertiary/aromatic N) is 1. The third-order valence-electron chi connectivity index (χ3n) is 2.68. The fourth-order valence-electron chi connectivity index (χ4n) is 1.79. The summed E-state index contributed by atoms with van der Waals surface area (Å²) in [4.78, 5) is 10.2. The second kappa shape index (κ2) is 4.75. The lowest BCUT2D eigenvalue weighted by atomic mass is 10.0. The Balaban J connectivity index is 2.58. The summed E-state index contributed by atoms with van der Waals surface area (Å²) in [6.07, 6.45) is 0. The van der Waals surface area contributed by atoms with Gasteiger partial charge in [0.05, 0.1) is 4.92 Å². The Morgan fingerprint density at radius 3 is 2.61 bits per heavy atom. The van der Waals surface area contributed by atoms with Crippen molar-refractivity contribution in [2.24, 2.45) is 0 Å². The van der Waals surface area contributed by atoms with Crippen LogP contribution in [0.25, 0.3) is 11.1 Å². The SMILES string of the molecule is CNc1ccccc1-c1ccc(O)c([N+](=O)[O-])c1. The first-order chi connectivity index (χ1) is 8.63. The minimum Gasteiger partial charge on any atom is -0.502 e. The number of rotatable bonds is 3. The zero-order valence-corrected chi connectivity index (χ0v) is 9.75. The highest BCUT2D eigenvalue weighted by Gasteiger charge is 2.15. The average molecular weight is 244 g/mol. The Bertz CT molecular complexity index is 597. The van der Waals surface area contributed by atoms with Crippen molar-refractivity contribution in [2.75, 3.05) is 12.4 Å². The van der Waals surface area contributed by atoms with Crippen molar-refractivity contribution in [3.05, 3.63) is 52.6 Å². The molecule has 2 aromatic carbocycles. The molecule has 0 heterocycles. The average Bonchev–Trinajstić information content (AvgIpc) is 2.39. The molecule has 0 spiro atoms. The van der Waals surface area contributed by atoms with Crippen LogP contribution >= 0.6 is 0 Å². The van der Waals surface area contributed by atoms with E-state index in [0.29, 0.717) is 5.56 Å². The summed E-state index contributed by atoms with van der Waals surface area (Å²) in [7, 11) is 1.79. The number of benzene rings is 2. The van der Waals surface area contributed by atoms with E-state index in [-0.39, 0.29) is 11.4 Å². The summed E-state index contributed by atoms with van der Waals surface area (Å²) in [5.41, 5.74) is 2.11. The van der Waals surface area contributed by atoms with E-state index in [2.05, 4.69) is 5.32 Å². The van der Waals surface area contributed by atoms with Gasteiger partial charge in [0.1, 0.15) is 0 Å². The number of phenols is 1. The summed E-state index contributed by atoms with van der Waals surface area (Å²) in [6, 6.07) is 11.8. The molecule has 5 heteroatoms. The number of phenolic OH excluding ortho intramolecular Hbond substituents is 1. The Kier molecular flexibility index (Phi) is 3.14. The van der Waals surface area contributed by atoms with E-state index in [1.165, 1.54) is 12.1 Å². The van der Waals surface area contributed by atoms with Gasteiger partial charge in [-0.1, -0.05) is 24.3 Å². The predicted molar refractivity (Wildman–Crippen MR) is 69.7 cm³/mol. The van der Waals surface area contributed by atoms with Crippen molar-refractivity contribution in [3.63, 3.8) is 0 Å². The number of anilines is 1. The number of nitro groups is 1. The highest BCUT2D eigenvalue weighted by atomic mass is 16.6. The van der Waals surface area contributed by atoms with Gasteiger partial charge in [0.2, 0.25) is 0 Å². The van der Waals surface area contributed by atoms with Crippen molar-refractivity contribution in [1.29, 1.82) is 0 Å². The fraction of sp³-hybridized carbons (Fsp3) is 0.0769. The topological polar surface area (TPSA) is 75.4 Å². The van der Waals surface area contributed by atoms with E-state index in [0.717, 1.165) is 11.3 Å². The van der Waals surface area contributed by atoms with Crippen molar-refractivity contribution >= 4 is 11.4 Å². The summed E-state index contributed by atoms with van der Waals surface area (Å²) >= 11 is 0. The Morgan fingerprint density at radius 1 is 1.22 bits per heavy atom. The van der Waals surface area contributed by atoms with Crippen molar-refractivity contribution in [3.8, 4) is 16.9 Å². The molecule has 5 nitrogen and oxygen atoms in total. The number of nitrogens with one attached hydrogen (secondary N) is 1. The van der Waals surface area contributed by atoms with Gasteiger partial charge in [-0.2, -0.15) is 0 Å². The number of para-hydroxylation sites is 1. The highest BCUT2D eigenvalue weighted by molar-refractivity contribution is 5.79. The van der Waals surface area contributed by atoms with E-state index in [9.17, 15) is 15.2 Å². The first kappa shape index (κ1) is 11.9. The summed E-state index contributed by atoms with van der Waals surface area (Å²) in [5.74, 6) is -0.328. The molecule has 92 valence electrons. The van der Waals surface area contributed by atoms with E-state index in [1.807, 2.05) is 24.3 Å². The lowest BCUT2D eigenvalue weighted by Crippen LogP contribution is -1.93. The quantitative estimate of drug-likeness (QED) is 0.642. The number of aromatic hydroxyl groups is 1. The molecule has 2 N–H and O–H groups in total. The van der Waals surface area contributed by atoms with Gasteiger partial charge < -0.3 is 10.4 Å². The molecule has 0 aliphatic rings. The molecule has 0 bridgehead atoms. The predicted octanol–water partition coefficient (Wildman–Crippen LogP) is 3.01. The minimum atomic E-state index is -0.596. The van der Waals surface area contributed by atoms with Gasteiger partial charge in [-0.25, -0.2) is 0 Å². The van der Waals surface area contributed by atoms with Crippen LogP contribution in [0.15, 0.2) is 42.5 Å². The van der Waals surface area contributed by atoms with Crippen molar-refractivity contribution in [1.82, 2.24) is 0 Å². The van der Waals surface area contributed by atoms with Gasteiger partial charge in [-0.3, -0.25) is 10.1 Å². The van der Waals surface area contributed by atoms with Crippen LogP contribution < -0.4 is 5.32 Å². The van der Waals surface area contributed by atoms with E-state index in [4.69, 9.17) is 0 Å². The van der Waals surface area contributed by atoms with Gasteiger partial charge in [0, 0.05) is 24.4 Å². The number of hydrogen-bond acceptors (Lipinski definition) is 4. The summed E-state index contributed by atoms with van der Waals surface area (Å²) < 4.78 is 0. The van der Waals surface area contributed by atoms with Gasteiger partial charge in [-0.05, 0) is 17.7 Å². The summed E-state index contributed by atoms with van der Waals surface area (Å²) in [5, 5.41) is 23.2. The molecular formula is C13H12N2O3. The molecule has 0 saturated heterocycles. The standard InChI is InChI=1S/C13H12N2O3/c1-14-11-5-3-2-4-10(11)9-6-7-13(16)12(8-9)15(17)18/h2-8,14,16H,1H3. The van der Waals surface area contributed by atoms with Crippen LogP contribution in [0.3, 0.4) is 0 Å². The number of hydrogen-bond donors (Lipinski definition) is 2. The van der Waals surface area contributed by atoms with E-state index in [1.54, 1.807) is 13.1 Å². The van der Waals surface area contributed by atoms with Crippen LogP contribution in [0.5, 0.6) is 5.75 Å². The minimum absolute atomic E-state index is 0.293. The van der Waals surface area contributed by atoms with Crippen LogP contribution in [-0.4, -0.2) is 17.1 Å². The summed E-state index contributed by atoms with van der Waals surface area (Å²) in [6.45, 7) is 0. The Hall–Kier alpha value is -2.56. The molecule has 0 aliphatic carbocycles. The molecule has 0 unspecified atom stereocenters. The zero-order valence-electron chi connectivity index (χ0n) is 9.75. The van der Waals surface area contributed by atoms with E-state index < -0.39 is 4.92 Å². The van der Waals surface area contributed by atoms with Gasteiger partial charge in [0.25, 0.3) is 0 Å². The molecular weight excluding hydrogens is 232 g/mol. The third-order valence-corrected chi connectivity index (χ3v) is 2.68. The molecule has 0 amide bonds. The van der Waals surface area contributed by atoms with Gasteiger partial charge >= 0.3 is 5.69 Å². The molecule has 2 aromatic rings. The van der Waals surface area contributed by atoms with Gasteiger partial charge in [-0.15, -0.1) is 0 Å². The van der Waals surface area contributed by atoms with Gasteiger partial charge in [0.15, 0.2) is 5.75 Å². The zero-order chi connectivity index (χ0) is 13.1. The van der Waals surface area contributed by atoms with Crippen molar-refractivity contribution < 1.29 is 10.0 Å². The second-order valence-corrected chi connectivity index (χ2v) is 3.76. The second-order valence-electron chi connectivity index (χ2n) is 3.76. The molecule has 0 atom stereocenters. The smallest absolute Gasteiger partial charge is 0.311 e. The maximum Gasteiger partial charge on any atom is 0.311 e. The monoisotopic (exact) mass is 244 g/mol. The molecule has 2 rings (SSSR count). The maximum absolute atomic E-state index is 10.8. The molecule has 0 radical (unpaired) electrons. The Labute approximate surface area is 104 Å². The first-order valence-corrected chi connectivity index (χ1v) is 5.38. The molecule has 0 fully saturated rings. The Morgan fingerprint density at radius 2 is 1.94 bits per heavy atom. The molecule has 18 heavy (non-hydrogen) atoms. The maximum atomic E-state index is 10.8. The van der Waals surface area contributed by atoms with Crippen LogP contribution in [-0.2, 0) is 0 Å². The third kappa shape index (κ3) is 2.10.